The number of hydrogen-bond acceptors (Lipinski definition) is 5. The number of ether oxygens (including phenoxy) is 2. The van der Waals surface area contributed by atoms with E-state index >= 15 is 0 Å². The summed E-state index contributed by atoms with van der Waals surface area (Å²) < 4.78 is 23.0. The summed E-state index contributed by atoms with van der Waals surface area (Å²) in [6, 6.07) is -0.837. The monoisotopic (exact) mass is 300 g/mol. The lowest BCUT2D eigenvalue weighted by Gasteiger charge is -2.30. The average Bonchev–Trinajstić information content (AvgIpc) is 2.28. The Morgan fingerprint density at radius 3 is 2.88 bits per heavy atom. The molecule has 3 atom stereocenters. The van der Waals surface area contributed by atoms with E-state index in [2.05, 4.69) is 26.2 Å². The van der Waals surface area contributed by atoms with E-state index in [0.717, 1.165) is 0 Å². The molecule has 9 heteroatoms. The Bertz CT molecular complexity index is 292. The number of hydrogen-bond donors (Lipinski definition) is 2. The third kappa shape index (κ3) is 2.88. The number of nitrogens with one attached hydrogen (secondary N) is 1. The van der Waals surface area contributed by atoms with E-state index in [4.69, 9.17) is 9.84 Å². The highest BCUT2D eigenvalue weighted by molar-refractivity contribution is 9.08. The van der Waals surface area contributed by atoms with E-state index in [1.807, 2.05) is 0 Å². The van der Waals surface area contributed by atoms with Gasteiger partial charge in [0.2, 0.25) is 6.17 Å². The number of carbonyl (C=O) groups excluding carboxylic acids is 2. The number of carbonyl (C=O) groups is 2. The second kappa shape index (κ2) is 5.53. The highest BCUT2D eigenvalue weighted by Gasteiger charge is 2.41. The van der Waals surface area contributed by atoms with Gasteiger partial charge in [-0.1, -0.05) is 0 Å². The van der Waals surface area contributed by atoms with Crippen molar-refractivity contribution in [2.24, 2.45) is 0 Å². The first-order valence-corrected chi connectivity index (χ1v) is 4.95. The SMILES string of the molecule is COC(O)CO[C@@H]1NC(=O)N(Br)C(=O)[C@H]1F. The molecule has 1 unspecified atom stereocenters. The number of rotatable bonds is 4. The Morgan fingerprint density at radius 2 is 2.31 bits per heavy atom. The highest BCUT2D eigenvalue weighted by atomic mass is 79.9. The summed E-state index contributed by atoms with van der Waals surface area (Å²) in [6.45, 7) is -0.364. The van der Waals surface area contributed by atoms with Crippen molar-refractivity contribution in [3.63, 3.8) is 0 Å². The lowest BCUT2D eigenvalue weighted by molar-refractivity contribution is -0.159. The Hall–Kier alpha value is -0.770. The molecule has 1 rings (SSSR count). The fraction of sp³-hybridized carbons (Fsp3) is 0.714. The first kappa shape index (κ1) is 13.3. The standard InChI is InChI=1S/C7H10BrFN2O5/c1-15-3(12)2-16-5-4(9)6(13)11(8)7(14)10-5/h3-5,12H,2H2,1H3,(H,10,14)/t3?,4-,5-/m0/s1. The number of aliphatic hydroxyl groups excluding tert-OH is 1. The smallest absolute Gasteiger partial charge is 0.336 e. The van der Waals surface area contributed by atoms with E-state index in [1.54, 1.807) is 0 Å². The molecular formula is C7H10BrFN2O5. The van der Waals surface area contributed by atoms with Crippen LogP contribution in [-0.2, 0) is 14.3 Å². The van der Waals surface area contributed by atoms with Crippen molar-refractivity contribution in [3.05, 3.63) is 0 Å². The van der Waals surface area contributed by atoms with Crippen LogP contribution in [0.1, 0.15) is 0 Å². The van der Waals surface area contributed by atoms with Crippen molar-refractivity contribution in [3.8, 4) is 0 Å². The van der Waals surface area contributed by atoms with Gasteiger partial charge in [-0.05, 0) is 0 Å². The summed E-state index contributed by atoms with van der Waals surface area (Å²) >= 11 is 2.58. The number of imide groups is 1. The zero-order chi connectivity index (χ0) is 12.3. The van der Waals surface area contributed by atoms with Crippen LogP contribution in [0.4, 0.5) is 9.18 Å². The minimum Gasteiger partial charge on any atom is -0.366 e. The van der Waals surface area contributed by atoms with Crippen LogP contribution in [0.5, 0.6) is 0 Å². The number of aliphatic hydroxyl groups is 1. The number of urea groups is 1. The van der Waals surface area contributed by atoms with Crippen LogP contribution in [0, 0.1) is 0 Å². The van der Waals surface area contributed by atoms with Crippen LogP contribution in [-0.4, -0.2) is 53.4 Å². The van der Waals surface area contributed by atoms with Crippen molar-refractivity contribution < 1.29 is 28.6 Å². The maximum Gasteiger partial charge on any atom is 0.336 e. The van der Waals surface area contributed by atoms with Gasteiger partial charge in [-0.2, -0.15) is 3.93 Å². The molecule has 7 nitrogen and oxygen atoms in total. The number of amides is 3. The molecule has 92 valence electrons. The minimum atomic E-state index is -2.04. The maximum absolute atomic E-state index is 13.3. The Balaban J connectivity index is 2.54. The van der Waals surface area contributed by atoms with Gasteiger partial charge in [-0.3, -0.25) is 4.79 Å². The van der Waals surface area contributed by atoms with Gasteiger partial charge in [-0.25, -0.2) is 9.18 Å². The van der Waals surface area contributed by atoms with Gasteiger partial charge in [-0.15, -0.1) is 0 Å². The molecule has 1 fully saturated rings. The lowest BCUT2D eigenvalue weighted by Crippen LogP contribution is -2.59. The second-order valence-corrected chi connectivity index (χ2v) is 3.62. The summed E-state index contributed by atoms with van der Waals surface area (Å²) in [7, 11) is 1.23. The van der Waals surface area contributed by atoms with Gasteiger partial charge in [0.25, 0.3) is 5.91 Å². The van der Waals surface area contributed by atoms with Gasteiger partial charge in [0.15, 0.2) is 12.5 Å². The van der Waals surface area contributed by atoms with Crippen LogP contribution in [0.2, 0.25) is 0 Å². The molecule has 0 aromatic rings. The molecule has 0 aliphatic carbocycles. The van der Waals surface area contributed by atoms with Crippen LogP contribution in [0.15, 0.2) is 0 Å². The minimum absolute atomic E-state index is 0.364. The van der Waals surface area contributed by atoms with Crippen molar-refractivity contribution in [1.82, 2.24) is 9.24 Å². The number of nitrogens with zero attached hydrogens (tertiary/aromatic N) is 1. The molecule has 0 radical (unpaired) electrons. The fourth-order valence-corrected chi connectivity index (χ4v) is 1.27. The van der Waals surface area contributed by atoms with Gasteiger partial charge in [0.05, 0.1) is 16.1 Å². The molecule has 0 bridgehead atoms. The second-order valence-electron chi connectivity index (χ2n) is 2.91. The molecule has 1 aliphatic heterocycles. The Morgan fingerprint density at radius 1 is 1.69 bits per heavy atom. The predicted molar refractivity (Wildman–Crippen MR) is 52.0 cm³/mol. The number of methoxy groups -OCH3 is 1. The summed E-state index contributed by atoms with van der Waals surface area (Å²) in [4.78, 5) is 22.2. The average molecular weight is 301 g/mol. The molecule has 1 saturated heterocycles. The van der Waals surface area contributed by atoms with Crippen LogP contribution >= 0.6 is 16.1 Å². The molecular weight excluding hydrogens is 291 g/mol. The molecule has 1 heterocycles. The van der Waals surface area contributed by atoms with Crippen molar-refractivity contribution >= 4 is 28.1 Å². The lowest BCUT2D eigenvalue weighted by atomic mass is 10.3. The van der Waals surface area contributed by atoms with Gasteiger partial charge >= 0.3 is 6.03 Å². The van der Waals surface area contributed by atoms with Crippen molar-refractivity contribution in [2.45, 2.75) is 18.7 Å². The summed E-state index contributed by atoms with van der Waals surface area (Å²) in [5.41, 5.74) is 0. The first-order chi connectivity index (χ1) is 7.47. The van der Waals surface area contributed by atoms with E-state index in [1.165, 1.54) is 7.11 Å². The van der Waals surface area contributed by atoms with Gasteiger partial charge in [0, 0.05) is 7.11 Å². The Kier molecular flexibility index (Phi) is 4.59. The van der Waals surface area contributed by atoms with Crippen LogP contribution in [0.25, 0.3) is 0 Å². The zero-order valence-corrected chi connectivity index (χ0v) is 9.81. The molecule has 16 heavy (non-hydrogen) atoms. The van der Waals surface area contributed by atoms with Gasteiger partial charge in [0.1, 0.15) is 6.61 Å². The molecule has 2 N–H and O–H groups in total. The molecule has 3 amide bonds. The molecule has 0 saturated carbocycles. The topological polar surface area (TPSA) is 88.1 Å². The first-order valence-electron chi connectivity index (χ1n) is 4.24. The molecule has 0 spiro atoms. The van der Waals surface area contributed by atoms with Crippen molar-refractivity contribution in [2.75, 3.05) is 13.7 Å². The van der Waals surface area contributed by atoms with Crippen LogP contribution < -0.4 is 5.32 Å². The number of halogens is 2. The highest BCUT2D eigenvalue weighted by Crippen LogP contribution is 2.16. The molecule has 0 aromatic carbocycles. The van der Waals surface area contributed by atoms with Crippen molar-refractivity contribution in [1.29, 1.82) is 0 Å². The van der Waals surface area contributed by atoms with E-state index in [0.29, 0.717) is 3.93 Å². The maximum atomic E-state index is 13.3. The fourth-order valence-electron chi connectivity index (χ4n) is 0.970. The molecule has 1 aliphatic rings. The van der Waals surface area contributed by atoms with E-state index < -0.39 is 30.6 Å². The van der Waals surface area contributed by atoms with E-state index in [9.17, 15) is 14.0 Å². The predicted octanol–water partition coefficient (Wildman–Crippen LogP) is -0.506. The third-order valence-electron chi connectivity index (χ3n) is 1.83. The Labute approximate surface area is 98.8 Å². The zero-order valence-electron chi connectivity index (χ0n) is 8.22. The summed E-state index contributed by atoms with van der Waals surface area (Å²) in [5, 5.41) is 11.1. The van der Waals surface area contributed by atoms with Crippen LogP contribution in [0.3, 0.4) is 0 Å². The quantitative estimate of drug-likeness (QED) is 0.539. The largest absolute Gasteiger partial charge is 0.366 e. The third-order valence-corrected chi connectivity index (χ3v) is 2.50. The number of alkyl halides is 1. The normalized spacial score (nSPS) is 27.9. The van der Waals surface area contributed by atoms with E-state index in [-0.39, 0.29) is 6.61 Å². The summed E-state index contributed by atoms with van der Waals surface area (Å²) in [6.07, 6.45) is -4.72. The van der Waals surface area contributed by atoms with Gasteiger partial charge < -0.3 is 19.9 Å². The molecule has 0 aromatic heterocycles. The summed E-state index contributed by atoms with van der Waals surface area (Å²) in [5.74, 6) is -1.07.